The van der Waals surface area contributed by atoms with Crippen molar-refractivity contribution in [3.8, 4) is 5.75 Å². The van der Waals surface area contributed by atoms with Gasteiger partial charge in [0.25, 0.3) is 11.8 Å². The van der Waals surface area contributed by atoms with Crippen LogP contribution in [0.15, 0.2) is 60.3 Å². The standard InChI is InChI=1S/C21H17N3O3S/c1-23-12-13(14-7-3-4-8-16(14)23)11-15-19(25)22-21(28)24(20(15)26)17-9-5-6-10-18(17)27-2/h3-12H,1-2H3,(H,22,25,28)/b15-11-. The fourth-order valence-electron chi connectivity index (χ4n) is 3.33. The highest BCUT2D eigenvalue weighted by Crippen LogP contribution is 2.31. The van der Waals surface area contributed by atoms with E-state index in [1.54, 1.807) is 30.3 Å². The third-order valence-corrected chi connectivity index (χ3v) is 4.94. The maximum atomic E-state index is 13.2. The Labute approximate surface area is 167 Å². The Bertz CT molecular complexity index is 1160. The van der Waals surface area contributed by atoms with E-state index in [4.69, 9.17) is 17.0 Å². The summed E-state index contributed by atoms with van der Waals surface area (Å²) in [4.78, 5) is 27.0. The van der Waals surface area contributed by atoms with E-state index in [0.29, 0.717) is 11.4 Å². The number of aromatic nitrogens is 1. The summed E-state index contributed by atoms with van der Waals surface area (Å²) < 4.78 is 7.30. The Kier molecular flexibility index (Phi) is 4.44. The largest absolute Gasteiger partial charge is 0.495 e. The molecule has 0 aliphatic carbocycles. The summed E-state index contributed by atoms with van der Waals surface area (Å²) in [6.45, 7) is 0. The normalized spacial score (nSPS) is 16.0. The number of ether oxygens (including phenoxy) is 1. The zero-order valence-electron chi connectivity index (χ0n) is 15.3. The maximum Gasteiger partial charge on any atom is 0.270 e. The fraction of sp³-hybridized carbons (Fsp3) is 0.0952. The Balaban J connectivity index is 1.83. The molecule has 1 saturated heterocycles. The van der Waals surface area contributed by atoms with Gasteiger partial charge >= 0.3 is 0 Å². The van der Waals surface area contributed by atoms with Gasteiger partial charge in [-0.05, 0) is 36.5 Å². The number of nitrogens with zero attached hydrogens (tertiary/aromatic N) is 2. The van der Waals surface area contributed by atoms with Gasteiger partial charge in [-0.25, -0.2) is 4.90 Å². The van der Waals surface area contributed by atoms with Crippen molar-refractivity contribution in [3.63, 3.8) is 0 Å². The molecule has 1 aliphatic rings. The summed E-state index contributed by atoms with van der Waals surface area (Å²) in [7, 11) is 3.44. The summed E-state index contributed by atoms with van der Waals surface area (Å²) in [5.74, 6) is -0.529. The van der Waals surface area contributed by atoms with E-state index in [1.165, 1.54) is 12.0 Å². The highest BCUT2D eigenvalue weighted by Gasteiger charge is 2.35. The minimum Gasteiger partial charge on any atom is -0.495 e. The van der Waals surface area contributed by atoms with Gasteiger partial charge in [-0.1, -0.05) is 30.3 Å². The highest BCUT2D eigenvalue weighted by atomic mass is 32.1. The average Bonchev–Trinajstić information content (AvgIpc) is 3.01. The van der Waals surface area contributed by atoms with Gasteiger partial charge in [0.15, 0.2) is 5.11 Å². The second-order valence-electron chi connectivity index (χ2n) is 6.34. The second kappa shape index (κ2) is 6.94. The SMILES string of the molecule is COc1ccccc1N1C(=O)/C(=C\c2cn(C)c3ccccc23)C(=O)NC1=S. The van der Waals surface area contributed by atoms with Crippen LogP contribution in [0.2, 0.25) is 0 Å². The van der Waals surface area contributed by atoms with Gasteiger partial charge in [-0.2, -0.15) is 0 Å². The lowest BCUT2D eigenvalue weighted by molar-refractivity contribution is -0.122. The van der Waals surface area contributed by atoms with Crippen molar-refractivity contribution in [2.45, 2.75) is 0 Å². The van der Waals surface area contributed by atoms with E-state index in [9.17, 15) is 9.59 Å². The average molecular weight is 391 g/mol. The molecule has 1 N–H and O–H groups in total. The van der Waals surface area contributed by atoms with E-state index in [-0.39, 0.29) is 10.7 Å². The molecule has 0 bridgehead atoms. The number of nitrogens with one attached hydrogen (secondary N) is 1. The molecule has 1 aromatic heterocycles. The van der Waals surface area contributed by atoms with Gasteiger partial charge in [0, 0.05) is 29.7 Å². The molecule has 7 heteroatoms. The minimum absolute atomic E-state index is 0.0101. The molecule has 3 aromatic rings. The summed E-state index contributed by atoms with van der Waals surface area (Å²) in [5, 5.41) is 3.58. The van der Waals surface area contributed by atoms with Gasteiger partial charge in [0.1, 0.15) is 11.3 Å². The number of carbonyl (C=O) groups is 2. The molecule has 2 amide bonds. The predicted molar refractivity (Wildman–Crippen MR) is 112 cm³/mol. The van der Waals surface area contributed by atoms with Gasteiger partial charge in [0.2, 0.25) is 0 Å². The van der Waals surface area contributed by atoms with Gasteiger partial charge in [-0.15, -0.1) is 0 Å². The molecular weight excluding hydrogens is 374 g/mol. The number of para-hydroxylation sites is 3. The van der Waals surface area contributed by atoms with Crippen molar-refractivity contribution in [2.75, 3.05) is 12.0 Å². The fourth-order valence-corrected chi connectivity index (χ4v) is 3.61. The molecule has 2 heterocycles. The van der Waals surface area contributed by atoms with E-state index < -0.39 is 11.8 Å². The summed E-state index contributed by atoms with van der Waals surface area (Å²) in [6.07, 6.45) is 3.49. The van der Waals surface area contributed by atoms with Crippen molar-refractivity contribution >= 4 is 51.8 Å². The molecule has 0 unspecified atom stereocenters. The molecule has 0 atom stereocenters. The third-order valence-electron chi connectivity index (χ3n) is 4.66. The number of thiocarbonyl (C=S) groups is 1. The summed E-state index contributed by atoms with van der Waals surface area (Å²) >= 11 is 5.26. The maximum absolute atomic E-state index is 13.2. The van der Waals surface area contributed by atoms with E-state index in [0.717, 1.165) is 16.5 Å². The Hall–Kier alpha value is -3.45. The molecule has 6 nitrogen and oxygen atoms in total. The number of rotatable bonds is 3. The molecule has 1 aliphatic heterocycles. The molecular formula is C21H17N3O3S. The van der Waals surface area contributed by atoms with Gasteiger partial charge in [0.05, 0.1) is 12.8 Å². The molecule has 28 heavy (non-hydrogen) atoms. The zero-order valence-corrected chi connectivity index (χ0v) is 16.1. The van der Waals surface area contributed by atoms with Crippen molar-refractivity contribution < 1.29 is 14.3 Å². The smallest absolute Gasteiger partial charge is 0.270 e. The molecule has 0 spiro atoms. The molecule has 1 fully saturated rings. The van der Waals surface area contributed by atoms with Crippen LogP contribution >= 0.6 is 12.2 Å². The first kappa shape index (κ1) is 17.9. The van der Waals surface area contributed by atoms with Crippen LogP contribution in [-0.4, -0.2) is 28.6 Å². The van der Waals surface area contributed by atoms with Crippen molar-refractivity contribution in [3.05, 3.63) is 65.9 Å². The Morgan fingerprint density at radius 3 is 2.57 bits per heavy atom. The summed E-state index contributed by atoms with van der Waals surface area (Å²) in [5.41, 5.74) is 2.28. The van der Waals surface area contributed by atoms with Crippen molar-refractivity contribution in [1.29, 1.82) is 0 Å². The number of carbonyl (C=O) groups excluding carboxylic acids is 2. The van der Waals surface area contributed by atoms with Gasteiger partial charge < -0.3 is 9.30 Å². The van der Waals surface area contributed by atoms with E-state index in [1.807, 2.05) is 42.1 Å². The lowest BCUT2D eigenvalue weighted by Gasteiger charge is -2.29. The van der Waals surface area contributed by atoms with Crippen molar-refractivity contribution in [1.82, 2.24) is 9.88 Å². The van der Waals surface area contributed by atoms with Gasteiger partial charge in [-0.3, -0.25) is 14.9 Å². The summed E-state index contributed by atoms with van der Waals surface area (Å²) in [6, 6.07) is 14.8. The van der Waals surface area contributed by atoms with E-state index >= 15 is 0 Å². The first-order chi connectivity index (χ1) is 13.5. The third kappa shape index (κ3) is 2.86. The van der Waals surface area contributed by atoms with Crippen LogP contribution in [0.4, 0.5) is 5.69 Å². The number of amides is 2. The quantitative estimate of drug-likeness (QED) is 0.424. The number of anilines is 1. The molecule has 140 valence electrons. The first-order valence-electron chi connectivity index (χ1n) is 8.60. The molecule has 2 aromatic carbocycles. The Morgan fingerprint density at radius 1 is 1.07 bits per heavy atom. The van der Waals surface area contributed by atoms with Crippen LogP contribution in [0, 0.1) is 0 Å². The first-order valence-corrected chi connectivity index (χ1v) is 9.00. The van der Waals surface area contributed by atoms with Crippen LogP contribution in [0.25, 0.3) is 17.0 Å². The molecule has 4 rings (SSSR count). The van der Waals surface area contributed by atoms with Crippen molar-refractivity contribution in [2.24, 2.45) is 7.05 Å². The van der Waals surface area contributed by atoms with E-state index in [2.05, 4.69) is 5.32 Å². The van der Waals surface area contributed by atoms with Crippen LogP contribution in [-0.2, 0) is 16.6 Å². The number of hydrogen-bond donors (Lipinski definition) is 1. The Morgan fingerprint density at radius 2 is 1.79 bits per heavy atom. The number of hydrogen-bond acceptors (Lipinski definition) is 4. The minimum atomic E-state index is -0.519. The number of benzene rings is 2. The topological polar surface area (TPSA) is 63.6 Å². The molecule has 0 radical (unpaired) electrons. The predicted octanol–water partition coefficient (Wildman–Crippen LogP) is 3.02. The highest BCUT2D eigenvalue weighted by molar-refractivity contribution is 7.80. The molecule has 0 saturated carbocycles. The lowest BCUT2D eigenvalue weighted by Crippen LogP contribution is -2.54. The zero-order chi connectivity index (χ0) is 19.8. The van der Waals surface area contributed by atoms with Crippen LogP contribution in [0.5, 0.6) is 5.75 Å². The monoisotopic (exact) mass is 391 g/mol. The van der Waals surface area contributed by atoms with Crippen LogP contribution in [0.1, 0.15) is 5.56 Å². The second-order valence-corrected chi connectivity index (χ2v) is 6.73. The number of fused-ring (bicyclic) bond motifs is 1. The number of methoxy groups -OCH3 is 1. The van der Waals surface area contributed by atoms with Crippen LogP contribution in [0.3, 0.4) is 0 Å². The lowest BCUT2D eigenvalue weighted by atomic mass is 10.1. The van der Waals surface area contributed by atoms with Crippen LogP contribution < -0.4 is 15.0 Å². The number of aryl methyl sites for hydroxylation is 1.